The topological polar surface area (TPSA) is 107 Å². The molecule has 0 aromatic heterocycles. The van der Waals surface area contributed by atoms with Gasteiger partial charge in [-0.2, -0.15) is 0 Å². The lowest BCUT2D eigenvalue weighted by atomic mass is 10.1. The molecule has 0 aliphatic rings. The van der Waals surface area contributed by atoms with Crippen molar-refractivity contribution in [3.05, 3.63) is 35.4 Å². The van der Waals surface area contributed by atoms with E-state index < -0.39 is 23.9 Å². The molecular weight excluding hydrogens is 268 g/mol. The number of carboxylic acid groups (broad SMARTS) is 1. The van der Waals surface area contributed by atoms with Crippen molar-refractivity contribution in [1.82, 2.24) is 0 Å². The van der Waals surface area contributed by atoms with Crippen molar-refractivity contribution in [3.63, 3.8) is 0 Å². The number of benzene rings is 1. The molecule has 0 amide bonds. The monoisotopic (exact) mass is 280 g/mol. The molecular formula is C13H12O7. The zero-order valence-electron chi connectivity index (χ0n) is 10.6. The number of methoxy groups -OCH3 is 1. The Labute approximate surface area is 114 Å². The van der Waals surface area contributed by atoms with Crippen LogP contribution in [0, 0.1) is 0 Å². The lowest BCUT2D eigenvalue weighted by molar-refractivity contribution is -0.146. The summed E-state index contributed by atoms with van der Waals surface area (Å²) in [5.74, 6) is -3.92. The number of carbonyl (C=O) groups excluding carboxylic acids is 3. The summed E-state index contributed by atoms with van der Waals surface area (Å²) >= 11 is 0. The van der Waals surface area contributed by atoms with E-state index in [1.54, 1.807) is 0 Å². The summed E-state index contributed by atoms with van der Waals surface area (Å²) < 4.78 is 8.80. The maximum absolute atomic E-state index is 11.7. The van der Waals surface area contributed by atoms with E-state index in [1.165, 1.54) is 31.4 Å². The van der Waals surface area contributed by atoms with Crippen molar-refractivity contribution in [2.45, 2.75) is 12.8 Å². The maximum atomic E-state index is 11.7. The highest BCUT2D eigenvalue weighted by atomic mass is 16.6. The molecule has 1 aromatic rings. The lowest BCUT2D eigenvalue weighted by Gasteiger charge is -2.05. The molecule has 7 nitrogen and oxygen atoms in total. The molecule has 0 heterocycles. The molecule has 1 rings (SSSR count). The average molecular weight is 280 g/mol. The first-order chi connectivity index (χ1) is 9.45. The number of esters is 3. The van der Waals surface area contributed by atoms with Gasteiger partial charge < -0.3 is 14.6 Å². The molecule has 106 valence electrons. The average Bonchev–Trinajstić information content (AvgIpc) is 2.44. The van der Waals surface area contributed by atoms with E-state index in [1.807, 2.05) is 0 Å². The van der Waals surface area contributed by atoms with Crippen LogP contribution in [0.25, 0.3) is 0 Å². The highest BCUT2D eigenvalue weighted by Gasteiger charge is 2.20. The molecule has 0 radical (unpaired) electrons. The van der Waals surface area contributed by atoms with Crippen molar-refractivity contribution in [1.29, 1.82) is 0 Å². The number of ether oxygens (including phenoxy) is 2. The highest BCUT2D eigenvalue weighted by Crippen LogP contribution is 2.11. The molecule has 0 fully saturated rings. The number of hydrogen-bond acceptors (Lipinski definition) is 6. The van der Waals surface area contributed by atoms with Crippen LogP contribution < -0.4 is 0 Å². The number of rotatable bonds is 5. The van der Waals surface area contributed by atoms with Crippen molar-refractivity contribution in [2.24, 2.45) is 0 Å². The fraction of sp³-hybridized carbons (Fsp3) is 0.231. The molecule has 0 aliphatic heterocycles. The first-order valence-electron chi connectivity index (χ1n) is 5.60. The molecule has 20 heavy (non-hydrogen) atoms. The van der Waals surface area contributed by atoms with Gasteiger partial charge >= 0.3 is 23.9 Å². The van der Waals surface area contributed by atoms with Gasteiger partial charge in [-0.15, -0.1) is 0 Å². The van der Waals surface area contributed by atoms with Crippen LogP contribution in [0.15, 0.2) is 24.3 Å². The summed E-state index contributed by atoms with van der Waals surface area (Å²) in [5, 5.41) is 8.90. The summed E-state index contributed by atoms with van der Waals surface area (Å²) in [5.41, 5.74) is -0.496. The van der Waals surface area contributed by atoms with Crippen LogP contribution in [0.5, 0.6) is 0 Å². The van der Waals surface area contributed by atoms with E-state index in [-0.39, 0.29) is 24.0 Å². The van der Waals surface area contributed by atoms with Crippen LogP contribution >= 0.6 is 0 Å². The Hall–Kier alpha value is -2.70. The molecule has 0 saturated heterocycles. The Morgan fingerprint density at radius 3 is 2.10 bits per heavy atom. The Morgan fingerprint density at radius 1 is 1.00 bits per heavy atom. The summed E-state index contributed by atoms with van der Waals surface area (Å²) in [6.45, 7) is 0. The zero-order valence-corrected chi connectivity index (χ0v) is 10.6. The fourth-order valence-corrected chi connectivity index (χ4v) is 1.36. The summed E-state index contributed by atoms with van der Waals surface area (Å²) in [4.78, 5) is 44.7. The minimum Gasteiger partial charge on any atom is -0.478 e. The van der Waals surface area contributed by atoms with E-state index in [0.717, 1.165) is 0 Å². The molecule has 0 atom stereocenters. The fourth-order valence-electron chi connectivity index (χ4n) is 1.36. The van der Waals surface area contributed by atoms with Crippen LogP contribution in [-0.4, -0.2) is 36.1 Å². The second-order valence-electron chi connectivity index (χ2n) is 3.69. The van der Waals surface area contributed by atoms with E-state index >= 15 is 0 Å². The van der Waals surface area contributed by atoms with Crippen LogP contribution in [0.3, 0.4) is 0 Å². The molecule has 0 bridgehead atoms. The molecule has 1 N–H and O–H groups in total. The van der Waals surface area contributed by atoms with Gasteiger partial charge in [0, 0.05) is 0 Å². The third kappa shape index (κ3) is 4.20. The lowest BCUT2D eigenvalue weighted by Crippen LogP contribution is -2.17. The second kappa shape index (κ2) is 7.03. The first-order valence-corrected chi connectivity index (χ1v) is 5.60. The van der Waals surface area contributed by atoms with Crippen molar-refractivity contribution in [3.8, 4) is 0 Å². The van der Waals surface area contributed by atoms with E-state index in [4.69, 9.17) is 5.11 Å². The summed E-state index contributed by atoms with van der Waals surface area (Å²) in [6, 6.07) is 5.35. The number of hydrogen-bond donors (Lipinski definition) is 1. The van der Waals surface area contributed by atoms with Gasteiger partial charge in [0.1, 0.15) is 0 Å². The van der Waals surface area contributed by atoms with Crippen LogP contribution in [-0.2, 0) is 19.1 Å². The molecule has 0 saturated carbocycles. The van der Waals surface area contributed by atoms with E-state index in [0.29, 0.717) is 0 Å². The second-order valence-corrected chi connectivity index (χ2v) is 3.69. The van der Waals surface area contributed by atoms with Gasteiger partial charge in [-0.05, 0) is 12.1 Å². The number of aromatic carboxylic acids is 1. The van der Waals surface area contributed by atoms with Gasteiger partial charge in [0.25, 0.3) is 0 Å². The minimum atomic E-state index is -1.31. The van der Waals surface area contributed by atoms with E-state index in [9.17, 15) is 19.2 Å². The highest BCUT2D eigenvalue weighted by molar-refractivity contribution is 6.05. The van der Waals surface area contributed by atoms with Crippen molar-refractivity contribution < 1.29 is 33.8 Å². The molecule has 0 spiro atoms. The molecule has 0 unspecified atom stereocenters. The number of carbonyl (C=O) groups is 4. The third-order valence-corrected chi connectivity index (χ3v) is 2.34. The molecule has 7 heteroatoms. The Bertz CT molecular complexity index is 547. The van der Waals surface area contributed by atoms with Crippen LogP contribution in [0.1, 0.15) is 33.6 Å². The first kappa shape index (κ1) is 15.4. The molecule has 1 aromatic carbocycles. The van der Waals surface area contributed by atoms with Gasteiger partial charge in [0.15, 0.2) is 0 Å². The smallest absolute Gasteiger partial charge is 0.346 e. The Balaban J connectivity index is 2.70. The number of carboxylic acids is 1. The SMILES string of the molecule is COC(=O)CCC(=O)OC(=O)c1ccccc1C(=O)O. The normalized spacial score (nSPS) is 9.65. The standard InChI is InChI=1S/C13H12O7/c1-19-10(14)6-7-11(15)20-13(18)9-5-3-2-4-8(9)12(16)17/h2-5H,6-7H2,1H3,(H,16,17). The zero-order chi connectivity index (χ0) is 15.1. The van der Waals surface area contributed by atoms with Gasteiger partial charge in [0.2, 0.25) is 0 Å². The maximum Gasteiger partial charge on any atom is 0.346 e. The van der Waals surface area contributed by atoms with Gasteiger partial charge in [-0.25, -0.2) is 9.59 Å². The van der Waals surface area contributed by atoms with E-state index in [2.05, 4.69) is 9.47 Å². The quantitative estimate of drug-likeness (QED) is 0.633. The summed E-state index contributed by atoms with van der Waals surface area (Å²) in [6.07, 6.45) is -0.545. The Morgan fingerprint density at radius 2 is 1.55 bits per heavy atom. The van der Waals surface area contributed by atoms with Gasteiger partial charge in [-0.1, -0.05) is 12.1 Å². The predicted octanol–water partition coefficient (Wildman–Crippen LogP) is 1.02. The van der Waals surface area contributed by atoms with Crippen LogP contribution in [0.2, 0.25) is 0 Å². The minimum absolute atomic E-state index is 0.219. The van der Waals surface area contributed by atoms with Crippen molar-refractivity contribution >= 4 is 23.9 Å². The predicted molar refractivity (Wildman–Crippen MR) is 65.1 cm³/mol. The largest absolute Gasteiger partial charge is 0.478 e. The third-order valence-electron chi connectivity index (χ3n) is 2.34. The van der Waals surface area contributed by atoms with Gasteiger partial charge in [-0.3, -0.25) is 9.59 Å². The Kier molecular flexibility index (Phi) is 5.40. The summed E-state index contributed by atoms with van der Waals surface area (Å²) in [7, 11) is 1.17. The molecule has 0 aliphatic carbocycles. The van der Waals surface area contributed by atoms with Gasteiger partial charge in [0.05, 0.1) is 31.1 Å². The van der Waals surface area contributed by atoms with Crippen LogP contribution in [0.4, 0.5) is 0 Å². The van der Waals surface area contributed by atoms with Crippen molar-refractivity contribution in [2.75, 3.05) is 7.11 Å².